The van der Waals surface area contributed by atoms with E-state index in [0.717, 1.165) is 28.0 Å². The summed E-state index contributed by atoms with van der Waals surface area (Å²) in [6.07, 6.45) is 1.52. The van der Waals surface area contributed by atoms with Crippen LogP contribution in [0.3, 0.4) is 0 Å². The van der Waals surface area contributed by atoms with Crippen LogP contribution in [0.2, 0.25) is 0 Å². The predicted molar refractivity (Wildman–Crippen MR) is 86.8 cm³/mol. The molecule has 4 heteroatoms. The second-order valence-electron chi connectivity index (χ2n) is 5.75. The van der Waals surface area contributed by atoms with Crippen molar-refractivity contribution in [2.75, 3.05) is 5.73 Å². The SMILES string of the molecule is Cc1c(C)n(-c2ccc(C(C)C)cc2)c2ncnc(N)c12. The fourth-order valence-electron chi connectivity index (χ4n) is 2.75. The van der Waals surface area contributed by atoms with Crippen molar-refractivity contribution in [2.45, 2.75) is 33.6 Å². The summed E-state index contributed by atoms with van der Waals surface area (Å²) in [5, 5.41) is 0.947. The zero-order chi connectivity index (χ0) is 15.1. The highest BCUT2D eigenvalue weighted by atomic mass is 15.1. The molecule has 2 N–H and O–H groups in total. The van der Waals surface area contributed by atoms with Gasteiger partial charge in [-0.3, -0.25) is 4.57 Å². The van der Waals surface area contributed by atoms with Crippen LogP contribution in [0.25, 0.3) is 16.7 Å². The number of hydrogen-bond acceptors (Lipinski definition) is 3. The first-order chi connectivity index (χ1) is 10.0. The number of aromatic nitrogens is 3. The summed E-state index contributed by atoms with van der Waals surface area (Å²) in [7, 11) is 0. The summed E-state index contributed by atoms with van der Waals surface area (Å²) >= 11 is 0. The monoisotopic (exact) mass is 280 g/mol. The highest BCUT2D eigenvalue weighted by Gasteiger charge is 2.16. The molecule has 0 bridgehead atoms. The van der Waals surface area contributed by atoms with Gasteiger partial charge in [0.05, 0.1) is 5.39 Å². The Morgan fingerprint density at radius 3 is 2.33 bits per heavy atom. The number of hydrogen-bond donors (Lipinski definition) is 1. The number of aryl methyl sites for hydroxylation is 1. The van der Waals surface area contributed by atoms with Gasteiger partial charge in [0.25, 0.3) is 0 Å². The van der Waals surface area contributed by atoms with E-state index in [1.807, 2.05) is 0 Å². The van der Waals surface area contributed by atoms with Crippen molar-refractivity contribution in [3.8, 4) is 5.69 Å². The number of nitrogen functional groups attached to an aromatic ring is 1. The molecule has 0 atom stereocenters. The Labute approximate surface area is 124 Å². The van der Waals surface area contributed by atoms with Gasteiger partial charge in [-0.25, -0.2) is 9.97 Å². The lowest BCUT2D eigenvalue weighted by atomic mass is 10.0. The van der Waals surface area contributed by atoms with Crippen molar-refractivity contribution in [1.82, 2.24) is 14.5 Å². The summed E-state index contributed by atoms with van der Waals surface area (Å²) in [5.74, 6) is 1.07. The molecule has 4 nitrogen and oxygen atoms in total. The van der Waals surface area contributed by atoms with Crippen LogP contribution in [-0.4, -0.2) is 14.5 Å². The van der Waals surface area contributed by atoms with E-state index in [4.69, 9.17) is 5.73 Å². The smallest absolute Gasteiger partial charge is 0.150 e. The van der Waals surface area contributed by atoms with Gasteiger partial charge < -0.3 is 5.73 Å². The maximum atomic E-state index is 6.02. The van der Waals surface area contributed by atoms with Crippen LogP contribution in [0.4, 0.5) is 5.82 Å². The molecule has 0 amide bonds. The van der Waals surface area contributed by atoms with Crippen LogP contribution in [-0.2, 0) is 0 Å². The van der Waals surface area contributed by atoms with Crippen molar-refractivity contribution in [2.24, 2.45) is 0 Å². The number of rotatable bonds is 2. The molecule has 21 heavy (non-hydrogen) atoms. The summed E-state index contributed by atoms with van der Waals surface area (Å²) < 4.78 is 2.15. The van der Waals surface area contributed by atoms with E-state index in [-0.39, 0.29) is 0 Å². The third-order valence-corrected chi connectivity index (χ3v) is 4.14. The van der Waals surface area contributed by atoms with Crippen LogP contribution in [0.15, 0.2) is 30.6 Å². The topological polar surface area (TPSA) is 56.7 Å². The zero-order valence-corrected chi connectivity index (χ0v) is 12.9. The minimum atomic E-state index is 0.529. The van der Waals surface area contributed by atoms with Crippen molar-refractivity contribution in [3.63, 3.8) is 0 Å². The maximum Gasteiger partial charge on any atom is 0.150 e. The van der Waals surface area contributed by atoms with Gasteiger partial charge in [-0.15, -0.1) is 0 Å². The lowest BCUT2D eigenvalue weighted by Crippen LogP contribution is -1.99. The summed E-state index contributed by atoms with van der Waals surface area (Å²) in [4.78, 5) is 8.54. The normalized spacial score (nSPS) is 11.5. The minimum absolute atomic E-state index is 0.529. The second kappa shape index (κ2) is 4.88. The van der Waals surface area contributed by atoms with E-state index in [2.05, 4.69) is 66.5 Å². The molecule has 2 aromatic heterocycles. The lowest BCUT2D eigenvalue weighted by molar-refractivity contribution is 0.865. The zero-order valence-electron chi connectivity index (χ0n) is 12.9. The van der Waals surface area contributed by atoms with E-state index < -0.39 is 0 Å². The van der Waals surface area contributed by atoms with Gasteiger partial charge in [0.15, 0.2) is 5.65 Å². The van der Waals surface area contributed by atoms with E-state index in [1.54, 1.807) is 0 Å². The molecule has 3 aromatic rings. The molecule has 0 aliphatic carbocycles. The largest absolute Gasteiger partial charge is 0.383 e. The summed E-state index contributed by atoms with van der Waals surface area (Å²) in [5.41, 5.74) is 11.6. The number of nitrogens with two attached hydrogens (primary N) is 1. The highest BCUT2D eigenvalue weighted by molar-refractivity contribution is 5.92. The lowest BCUT2D eigenvalue weighted by Gasteiger charge is -2.10. The first-order valence-electron chi connectivity index (χ1n) is 7.19. The van der Waals surface area contributed by atoms with Crippen LogP contribution in [0, 0.1) is 13.8 Å². The van der Waals surface area contributed by atoms with Gasteiger partial charge in [0.2, 0.25) is 0 Å². The second-order valence-corrected chi connectivity index (χ2v) is 5.75. The number of benzene rings is 1. The van der Waals surface area contributed by atoms with E-state index in [0.29, 0.717) is 11.7 Å². The molecule has 3 rings (SSSR count). The first kappa shape index (κ1) is 13.6. The van der Waals surface area contributed by atoms with E-state index in [9.17, 15) is 0 Å². The Morgan fingerprint density at radius 2 is 1.71 bits per heavy atom. The molecule has 2 heterocycles. The molecule has 1 aromatic carbocycles. The molecule has 0 saturated carbocycles. The first-order valence-corrected chi connectivity index (χ1v) is 7.19. The Balaban J connectivity index is 2.25. The molecule has 0 spiro atoms. The van der Waals surface area contributed by atoms with Gasteiger partial charge in [0, 0.05) is 11.4 Å². The molecule has 0 saturated heterocycles. The number of anilines is 1. The predicted octanol–water partition coefficient (Wildman–Crippen LogP) is 3.74. The van der Waals surface area contributed by atoms with Crippen LogP contribution in [0.1, 0.15) is 36.6 Å². The van der Waals surface area contributed by atoms with Gasteiger partial charge in [0.1, 0.15) is 12.1 Å². The minimum Gasteiger partial charge on any atom is -0.383 e. The van der Waals surface area contributed by atoms with Crippen molar-refractivity contribution >= 4 is 16.9 Å². The number of fused-ring (bicyclic) bond motifs is 1. The molecule has 0 unspecified atom stereocenters. The highest BCUT2D eigenvalue weighted by Crippen LogP contribution is 2.30. The quantitative estimate of drug-likeness (QED) is 0.778. The van der Waals surface area contributed by atoms with E-state index >= 15 is 0 Å². The Kier molecular flexibility index (Phi) is 3.16. The average molecular weight is 280 g/mol. The van der Waals surface area contributed by atoms with Crippen LogP contribution in [0.5, 0.6) is 0 Å². The Hall–Kier alpha value is -2.36. The number of nitrogens with zero attached hydrogens (tertiary/aromatic N) is 3. The fourth-order valence-corrected chi connectivity index (χ4v) is 2.75. The van der Waals surface area contributed by atoms with Gasteiger partial charge in [-0.05, 0) is 43.0 Å². The summed E-state index contributed by atoms with van der Waals surface area (Å²) in [6.45, 7) is 8.55. The van der Waals surface area contributed by atoms with Crippen molar-refractivity contribution in [1.29, 1.82) is 0 Å². The Morgan fingerprint density at radius 1 is 1.05 bits per heavy atom. The standard InChI is InChI=1S/C17H20N4/c1-10(2)13-5-7-14(8-6-13)21-12(4)11(3)15-16(18)19-9-20-17(15)21/h5-10H,1-4H3,(H2,18,19,20). The summed E-state index contributed by atoms with van der Waals surface area (Å²) in [6, 6.07) is 8.62. The fraction of sp³-hybridized carbons (Fsp3) is 0.294. The van der Waals surface area contributed by atoms with Crippen molar-refractivity contribution in [3.05, 3.63) is 47.4 Å². The molecule has 0 fully saturated rings. The van der Waals surface area contributed by atoms with Gasteiger partial charge >= 0.3 is 0 Å². The van der Waals surface area contributed by atoms with Crippen LogP contribution >= 0.6 is 0 Å². The van der Waals surface area contributed by atoms with Crippen molar-refractivity contribution < 1.29 is 0 Å². The maximum absolute atomic E-state index is 6.02. The Bertz CT molecular complexity index is 798. The molecule has 0 radical (unpaired) electrons. The molecule has 0 aliphatic rings. The molecule has 108 valence electrons. The molecular weight excluding hydrogens is 260 g/mol. The molecular formula is C17H20N4. The third-order valence-electron chi connectivity index (χ3n) is 4.14. The van der Waals surface area contributed by atoms with Gasteiger partial charge in [-0.1, -0.05) is 26.0 Å². The van der Waals surface area contributed by atoms with Gasteiger partial charge in [-0.2, -0.15) is 0 Å². The average Bonchev–Trinajstić information content (AvgIpc) is 2.72. The van der Waals surface area contributed by atoms with Crippen LogP contribution < -0.4 is 5.73 Å². The third kappa shape index (κ3) is 2.07. The van der Waals surface area contributed by atoms with E-state index in [1.165, 1.54) is 11.9 Å². The molecule has 0 aliphatic heterocycles.